The molecule has 18 heavy (non-hydrogen) atoms. The van der Waals surface area contributed by atoms with Crippen molar-refractivity contribution >= 4 is 0 Å². The largest absolute Gasteiger partial charge is 0.490 e. The number of hydrogen-bond acceptors (Lipinski definition) is 2. The molecule has 0 aromatic heterocycles. The third-order valence-corrected chi connectivity index (χ3v) is 3.87. The van der Waals surface area contributed by atoms with Crippen LogP contribution in [0.15, 0.2) is 24.3 Å². The van der Waals surface area contributed by atoms with Gasteiger partial charge < -0.3 is 10.1 Å². The number of hydrogen-bond donors (Lipinski definition) is 1. The first-order valence-electron chi connectivity index (χ1n) is 7.13. The Balaban J connectivity index is 2.04. The smallest absolute Gasteiger partial charge is 0.123 e. The van der Waals surface area contributed by atoms with Crippen molar-refractivity contribution in [2.24, 2.45) is 0 Å². The van der Waals surface area contributed by atoms with Gasteiger partial charge in [-0.1, -0.05) is 32.0 Å². The molecule has 1 aromatic carbocycles. The van der Waals surface area contributed by atoms with Crippen LogP contribution in [0.4, 0.5) is 0 Å². The molecule has 1 aliphatic carbocycles. The molecule has 0 heterocycles. The predicted octanol–water partition coefficient (Wildman–Crippen LogP) is 3.72. The van der Waals surface area contributed by atoms with E-state index in [0.29, 0.717) is 18.1 Å². The highest BCUT2D eigenvalue weighted by Gasteiger charge is 2.22. The van der Waals surface area contributed by atoms with Gasteiger partial charge >= 0.3 is 0 Å². The molecule has 1 saturated carbocycles. The van der Waals surface area contributed by atoms with Gasteiger partial charge in [0.15, 0.2) is 0 Å². The fraction of sp³-hybridized carbons (Fsp3) is 0.625. The third kappa shape index (κ3) is 3.26. The number of benzene rings is 1. The second-order valence-corrected chi connectivity index (χ2v) is 5.58. The lowest BCUT2D eigenvalue weighted by Crippen LogP contribution is -2.36. The fourth-order valence-corrected chi connectivity index (χ4v) is 2.76. The lowest BCUT2D eigenvalue weighted by Gasteiger charge is -2.30. The quantitative estimate of drug-likeness (QED) is 0.875. The molecule has 1 N–H and O–H groups in total. The van der Waals surface area contributed by atoms with Crippen molar-refractivity contribution in [3.8, 4) is 5.75 Å². The Labute approximate surface area is 111 Å². The highest BCUT2D eigenvalue weighted by atomic mass is 16.5. The topological polar surface area (TPSA) is 21.3 Å². The molecule has 1 aliphatic rings. The van der Waals surface area contributed by atoms with E-state index in [9.17, 15) is 0 Å². The van der Waals surface area contributed by atoms with E-state index in [0.717, 1.165) is 12.2 Å². The van der Waals surface area contributed by atoms with E-state index in [1.54, 1.807) is 0 Å². The van der Waals surface area contributed by atoms with Crippen molar-refractivity contribution in [2.45, 2.75) is 57.6 Å². The molecular weight excluding hydrogens is 222 g/mol. The van der Waals surface area contributed by atoms with E-state index in [1.165, 1.54) is 24.8 Å². The molecule has 0 aliphatic heterocycles. The fourth-order valence-electron chi connectivity index (χ4n) is 2.76. The maximum Gasteiger partial charge on any atom is 0.123 e. The second-order valence-electron chi connectivity index (χ2n) is 5.58. The minimum absolute atomic E-state index is 0.371. The van der Waals surface area contributed by atoms with Crippen LogP contribution in [-0.2, 0) is 0 Å². The SMILES string of the molecule is CNC1CCCC(Oc2ccccc2C(C)C)C1. The number of nitrogens with one attached hydrogen (secondary N) is 1. The van der Waals surface area contributed by atoms with Crippen LogP contribution >= 0.6 is 0 Å². The van der Waals surface area contributed by atoms with Crippen LogP contribution in [0, 0.1) is 0 Å². The zero-order valence-corrected chi connectivity index (χ0v) is 11.8. The Hall–Kier alpha value is -1.02. The molecular formula is C16H25NO. The van der Waals surface area contributed by atoms with Crippen molar-refractivity contribution in [3.05, 3.63) is 29.8 Å². The number of ether oxygens (including phenoxy) is 1. The van der Waals surface area contributed by atoms with Crippen molar-refractivity contribution < 1.29 is 4.74 Å². The van der Waals surface area contributed by atoms with Crippen LogP contribution in [0.3, 0.4) is 0 Å². The Morgan fingerprint density at radius 3 is 2.72 bits per heavy atom. The van der Waals surface area contributed by atoms with Crippen LogP contribution in [-0.4, -0.2) is 19.2 Å². The van der Waals surface area contributed by atoms with Gasteiger partial charge in [0.1, 0.15) is 11.9 Å². The third-order valence-electron chi connectivity index (χ3n) is 3.87. The number of rotatable bonds is 4. The molecule has 2 unspecified atom stereocenters. The van der Waals surface area contributed by atoms with Gasteiger partial charge in [-0.15, -0.1) is 0 Å². The van der Waals surface area contributed by atoms with Crippen molar-refractivity contribution in [2.75, 3.05) is 7.05 Å². The average Bonchev–Trinajstić information content (AvgIpc) is 2.39. The van der Waals surface area contributed by atoms with Crippen molar-refractivity contribution in [1.82, 2.24) is 5.32 Å². The summed E-state index contributed by atoms with van der Waals surface area (Å²) in [6.07, 6.45) is 5.23. The van der Waals surface area contributed by atoms with Gasteiger partial charge in [-0.2, -0.15) is 0 Å². The first kappa shape index (κ1) is 13.4. The minimum Gasteiger partial charge on any atom is -0.490 e. The van der Waals surface area contributed by atoms with Gasteiger partial charge in [0.2, 0.25) is 0 Å². The van der Waals surface area contributed by atoms with E-state index < -0.39 is 0 Å². The first-order chi connectivity index (χ1) is 8.70. The normalized spacial score (nSPS) is 24.2. The molecule has 2 atom stereocenters. The summed E-state index contributed by atoms with van der Waals surface area (Å²) in [5, 5.41) is 3.38. The maximum atomic E-state index is 6.24. The van der Waals surface area contributed by atoms with E-state index in [4.69, 9.17) is 4.74 Å². The second kappa shape index (κ2) is 6.24. The summed E-state index contributed by atoms with van der Waals surface area (Å²) in [5.41, 5.74) is 1.32. The van der Waals surface area contributed by atoms with Gasteiger partial charge in [0, 0.05) is 6.04 Å². The van der Waals surface area contributed by atoms with E-state index in [-0.39, 0.29) is 0 Å². The monoisotopic (exact) mass is 247 g/mol. The molecule has 2 rings (SSSR count). The Morgan fingerprint density at radius 1 is 1.22 bits per heavy atom. The molecule has 2 heteroatoms. The summed E-state index contributed by atoms with van der Waals surface area (Å²) < 4.78 is 6.24. The zero-order valence-electron chi connectivity index (χ0n) is 11.8. The first-order valence-corrected chi connectivity index (χ1v) is 7.13. The van der Waals surface area contributed by atoms with Crippen molar-refractivity contribution in [3.63, 3.8) is 0 Å². The van der Waals surface area contributed by atoms with Crippen LogP contribution in [0.1, 0.15) is 51.0 Å². The average molecular weight is 247 g/mol. The van der Waals surface area contributed by atoms with Gasteiger partial charge in [-0.3, -0.25) is 0 Å². The lowest BCUT2D eigenvalue weighted by molar-refractivity contribution is 0.135. The van der Waals surface area contributed by atoms with Crippen LogP contribution < -0.4 is 10.1 Å². The van der Waals surface area contributed by atoms with Crippen LogP contribution in [0.2, 0.25) is 0 Å². The molecule has 0 spiro atoms. The predicted molar refractivity (Wildman–Crippen MR) is 76.3 cm³/mol. The summed E-state index contributed by atoms with van der Waals surface area (Å²) in [6.45, 7) is 4.44. The van der Waals surface area contributed by atoms with Gasteiger partial charge in [-0.05, 0) is 50.3 Å². The molecule has 0 radical (unpaired) electrons. The van der Waals surface area contributed by atoms with E-state index in [1.807, 2.05) is 0 Å². The van der Waals surface area contributed by atoms with Crippen molar-refractivity contribution in [1.29, 1.82) is 0 Å². The maximum absolute atomic E-state index is 6.24. The summed E-state index contributed by atoms with van der Waals surface area (Å²) >= 11 is 0. The Morgan fingerprint density at radius 2 is 2.00 bits per heavy atom. The molecule has 1 aromatic rings. The summed E-state index contributed by atoms with van der Waals surface area (Å²) in [7, 11) is 2.05. The van der Waals surface area contributed by atoms with E-state index >= 15 is 0 Å². The molecule has 0 saturated heterocycles. The zero-order chi connectivity index (χ0) is 13.0. The lowest BCUT2D eigenvalue weighted by atomic mass is 9.92. The van der Waals surface area contributed by atoms with E-state index in [2.05, 4.69) is 50.5 Å². The molecule has 1 fully saturated rings. The summed E-state index contributed by atoms with van der Waals surface area (Å²) in [4.78, 5) is 0. The van der Waals surface area contributed by atoms with Gasteiger partial charge in [0.05, 0.1) is 0 Å². The summed E-state index contributed by atoms with van der Waals surface area (Å²) in [5.74, 6) is 1.60. The molecule has 100 valence electrons. The molecule has 2 nitrogen and oxygen atoms in total. The summed E-state index contributed by atoms with van der Waals surface area (Å²) in [6, 6.07) is 9.07. The minimum atomic E-state index is 0.371. The molecule has 0 bridgehead atoms. The Kier molecular flexibility index (Phi) is 4.65. The van der Waals surface area contributed by atoms with Crippen LogP contribution in [0.25, 0.3) is 0 Å². The standard InChI is InChI=1S/C16H25NO/c1-12(2)15-9-4-5-10-16(15)18-14-8-6-7-13(11-14)17-3/h4-5,9-10,12-14,17H,6-8,11H2,1-3H3. The number of para-hydroxylation sites is 1. The highest BCUT2D eigenvalue weighted by molar-refractivity contribution is 5.35. The van der Waals surface area contributed by atoms with Gasteiger partial charge in [-0.25, -0.2) is 0 Å². The Bertz CT molecular complexity index is 375. The molecule has 0 amide bonds. The van der Waals surface area contributed by atoms with Crippen LogP contribution in [0.5, 0.6) is 5.75 Å². The van der Waals surface area contributed by atoms with Gasteiger partial charge in [0.25, 0.3) is 0 Å². The highest BCUT2D eigenvalue weighted by Crippen LogP contribution is 2.30.